The first-order valence-electron chi connectivity index (χ1n) is 15.0. The van der Waals surface area contributed by atoms with Gasteiger partial charge in [-0.15, -0.1) is 0 Å². The maximum Gasteiger partial charge on any atom is 0.266 e. The molecule has 4 aromatic carbocycles. The highest BCUT2D eigenvalue weighted by Crippen LogP contribution is 2.42. The van der Waals surface area contributed by atoms with Gasteiger partial charge in [-0.2, -0.15) is 0 Å². The molecule has 9 nitrogen and oxygen atoms in total. The fraction of sp³-hybridized carbons (Fsp3) is 0.278. The van der Waals surface area contributed by atoms with Crippen LogP contribution in [0.2, 0.25) is 0 Å². The molecular formula is C36H39N3O6. The van der Waals surface area contributed by atoms with E-state index in [4.69, 9.17) is 29.0 Å². The van der Waals surface area contributed by atoms with Crippen molar-refractivity contribution in [3.8, 4) is 17.2 Å². The van der Waals surface area contributed by atoms with Gasteiger partial charge in [0.05, 0.1) is 20.8 Å². The lowest BCUT2D eigenvalue weighted by molar-refractivity contribution is -0.130. The Morgan fingerprint density at radius 2 is 1.62 bits per heavy atom. The Morgan fingerprint density at radius 3 is 2.31 bits per heavy atom. The molecule has 9 heteroatoms. The van der Waals surface area contributed by atoms with Gasteiger partial charge < -0.3 is 24.1 Å². The molecule has 0 bridgehead atoms. The van der Waals surface area contributed by atoms with Crippen LogP contribution in [-0.2, 0) is 22.4 Å². The summed E-state index contributed by atoms with van der Waals surface area (Å²) in [7, 11) is 3.25. The van der Waals surface area contributed by atoms with E-state index in [1.807, 2.05) is 103 Å². The maximum atomic E-state index is 14.3. The number of hydrazine groups is 1. The van der Waals surface area contributed by atoms with Gasteiger partial charge in [-0.25, -0.2) is 10.4 Å². The van der Waals surface area contributed by atoms with Gasteiger partial charge in [-0.05, 0) is 65.6 Å². The highest BCUT2D eigenvalue weighted by molar-refractivity contribution is 6.01. The van der Waals surface area contributed by atoms with Crippen LogP contribution < -0.4 is 25.1 Å². The molecule has 0 radical (unpaired) electrons. The molecule has 0 saturated carbocycles. The summed E-state index contributed by atoms with van der Waals surface area (Å²) in [6, 6.07) is 32.6. The number of hydrogen-bond donors (Lipinski definition) is 3. The second kappa shape index (κ2) is 15.2. The van der Waals surface area contributed by atoms with E-state index in [-0.39, 0.29) is 12.5 Å². The Morgan fingerprint density at radius 1 is 0.911 bits per heavy atom. The number of benzene rings is 4. The van der Waals surface area contributed by atoms with Gasteiger partial charge in [0.25, 0.3) is 5.91 Å². The average Bonchev–Trinajstić information content (AvgIpc) is 3.48. The number of carbonyl (C=O) groups excluding carboxylic acids is 1. The molecule has 1 amide bonds. The molecule has 0 spiro atoms. The largest absolute Gasteiger partial charge is 0.497 e. The van der Waals surface area contributed by atoms with Crippen molar-refractivity contribution in [2.24, 2.45) is 4.99 Å². The number of methoxy groups -OCH3 is 2. The monoisotopic (exact) mass is 609 g/mol. The molecule has 3 N–H and O–H groups in total. The first kappa shape index (κ1) is 31.6. The lowest BCUT2D eigenvalue weighted by Crippen LogP contribution is -2.54. The molecular weight excluding hydrogens is 570 g/mol. The van der Waals surface area contributed by atoms with E-state index in [0.717, 1.165) is 33.8 Å². The molecule has 0 unspecified atom stereocenters. The summed E-state index contributed by atoms with van der Waals surface area (Å²) in [6.07, 6.45) is 0.770. The molecule has 0 aromatic heterocycles. The predicted molar refractivity (Wildman–Crippen MR) is 173 cm³/mol. The Hall–Kier alpha value is -4.86. The highest BCUT2D eigenvalue weighted by atomic mass is 16.5. The smallest absolute Gasteiger partial charge is 0.266 e. The fourth-order valence-electron chi connectivity index (χ4n) is 5.34. The van der Waals surface area contributed by atoms with Crippen molar-refractivity contribution in [3.63, 3.8) is 0 Å². The minimum atomic E-state index is -1.31. The predicted octanol–water partition coefficient (Wildman–Crippen LogP) is 4.83. The van der Waals surface area contributed by atoms with Crippen LogP contribution in [0.4, 0.5) is 0 Å². The van der Waals surface area contributed by atoms with Crippen LogP contribution >= 0.6 is 0 Å². The molecule has 1 aliphatic rings. The van der Waals surface area contributed by atoms with Crippen LogP contribution in [0.1, 0.15) is 34.8 Å². The number of carbonyl (C=O) groups is 1. The van der Waals surface area contributed by atoms with Gasteiger partial charge in [0.1, 0.15) is 17.2 Å². The molecule has 2 atom stereocenters. The minimum absolute atomic E-state index is 0.0687. The molecule has 0 fully saturated rings. The zero-order valence-corrected chi connectivity index (χ0v) is 25.6. The number of rotatable bonds is 15. The maximum absolute atomic E-state index is 14.3. The van der Waals surface area contributed by atoms with Gasteiger partial charge in [0, 0.05) is 31.6 Å². The van der Waals surface area contributed by atoms with E-state index in [1.54, 1.807) is 14.2 Å². The number of hydrogen-bond acceptors (Lipinski definition) is 8. The SMILES string of the molecule is COc1ccc(OC)c(CCNNC(=O)[C@@]2(Cc3ccccc3)N=C(c3ccc(OCCCO)cc3)O[C@H]2c2ccccc2)c1. The van der Waals surface area contributed by atoms with Gasteiger partial charge >= 0.3 is 0 Å². The summed E-state index contributed by atoms with van der Waals surface area (Å²) in [5.41, 5.74) is 8.22. The van der Waals surface area contributed by atoms with Crippen LogP contribution in [0.3, 0.4) is 0 Å². The quantitative estimate of drug-likeness (QED) is 0.131. The molecule has 1 heterocycles. The average molecular weight is 610 g/mol. The van der Waals surface area contributed by atoms with E-state index < -0.39 is 11.6 Å². The third kappa shape index (κ3) is 7.63. The molecule has 45 heavy (non-hydrogen) atoms. The summed E-state index contributed by atoms with van der Waals surface area (Å²) in [5.74, 6) is 2.22. The minimum Gasteiger partial charge on any atom is -0.497 e. The summed E-state index contributed by atoms with van der Waals surface area (Å²) in [5, 5.41) is 9.05. The number of nitrogens with one attached hydrogen (secondary N) is 2. The standard InChI is InChI=1S/C36H39N3O6/c1-42-31-18-19-32(43-2)29(24-31)20-21-37-39-35(41)36(25-26-10-5-3-6-11-26)33(27-12-7-4-8-13-27)45-34(38-36)28-14-16-30(17-15-28)44-23-9-22-40/h3-8,10-19,24,33,37,40H,9,20-23,25H2,1-2H3,(H,39,41)/t33-,36-/m0/s1. The normalized spacial score (nSPS) is 17.2. The number of aliphatic hydroxyl groups excluding tert-OH is 1. The van der Waals surface area contributed by atoms with E-state index >= 15 is 0 Å². The highest BCUT2D eigenvalue weighted by Gasteiger charge is 2.53. The Balaban J connectivity index is 1.43. The van der Waals surface area contributed by atoms with Crippen molar-refractivity contribution in [2.75, 3.05) is 34.0 Å². The van der Waals surface area contributed by atoms with Crippen molar-refractivity contribution in [2.45, 2.75) is 30.9 Å². The zero-order valence-electron chi connectivity index (χ0n) is 25.6. The second-order valence-electron chi connectivity index (χ2n) is 10.7. The lowest BCUT2D eigenvalue weighted by atomic mass is 9.82. The molecule has 4 aromatic rings. The van der Waals surface area contributed by atoms with Crippen molar-refractivity contribution in [1.29, 1.82) is 0 Å². The van der Waals surface area contributed by atoms with Gasteiger partial charge in [0.2, 0.25) is 5.90 Å². The molecule has 0 aliphatic carbocycles. The summed E-state index contributed by atoms with van der Waals surface area (Å²) in [6.45, 7) is 0.933. The van der Waals surface area contributed by atoms with E-state index in [9.17, 15) is 4.79 Å². The van der Waals surface area contributed by atoms with Crippen molar-refractivity contribution >= 4 is 11.8 Å². The summed E-state index contributed by atoms with van der Waals surface area (Å²) in [4.78, 5) is 19.4. The van der Waals surface area contributed by atoms with Crippen LogP contribution in [-0.4, -0.2) is 56.4 Å². The third-order valence-corrected chi connectivity index (χ3v) is 7.66. The third-order valence-electron chi connectivity index (χ3n) is 7.66. The number of nitrogens with zero attached hydrogens (tertiary/aromatic N) is 1. The zero-order chi connectivity index (χ0) is 31.5. The summed E-state index contributed by atoms with van der Waals surface area (Å²) >= 11 is 0. The number of amides is 1. The number of aliphatic hydroxyl groups is 1. The van der Waals surface area contributed by atoms with Gasteiger partial charge in [-0.3, -0.25) is 10.2 Å². The Labute approximate surface area is 263 Å². The van der Waals surface area contributed by atoms with E-state index in [2.05, 4.69) is 10.9 Å². The van der Waals surface area contributed by atoms with Crippen molar-refractivity contribution in [1.82, 2.24) is 10.9 Å². The molecule has 1 aliphatic heterocycles. The van der Waals surface area contributed by atoms with Gasteiger partial charge in [-0.1, -0.05) is 60.7 Å². The molecule has 5 rings (SSSR count). The van der Waals surface area contributed by atoms with E-state index in [1.165, 1.54) is 0 Å². The topological polar surface area (TPSA) is 111 Å². The Kier molecular flexibility index (Phi) is 10.7. The van der Waals surface area contributed by atoms with Crippen LogP contribution in [0.25, 0.3) is 0 Å². The van der Waals surface area contributed by atoms with Crippen LogP contribution in [0.15, 0.2) is 108 Å². The lowest BCUT2D eigenvalue weighted by Gasteiger charge is -2.31. The Bertz CT molecular complexity index is 1560. The molecule has 234 valence electrons. The van der Waals surface area contributed by atoms with Crippen molar-refractivity contribution in [3.05, 3.63) is 125 Å². The van der Waals surface area contributed by atoms with Gasteiger partial charge in [0.15, 0.2) is 11.6 Å². The van der Waals surface area contributed by atoms with Crippen LogP contribution in [0.5, 0.6) is 17.2 Å². The summed E-state index contributed by atoms with van der Waals surface area (Å²) < 4.78 is 23.2. The first-order chi connectivity index (χ1) is 22.1. The number of ether oxygens (including phenoxy) is 4. The first-order valence-corrected chi connectivity index (χ1v) is 15.0. The molecule has 0 saturated heterocycles. The second-order valence-corrected chi connectivity index (χ2v) is 10.7. The number of aliphatic imine (C=N–C) groups is 1. The van der Waals surface area contributed by atoms with Crippen LogP contribution in [0, 0.1) is 0 Å². The van der Waals surface area contributed by atoms with E-state index in [0.29, 0.717) is 44.1 Å². The fourth-order valence-corrected chi connectivity index (χ4v) is 5.34. The van der Waals surface area contributed by atoms with Crippen molar-refractivity contribution < 1.29 is 28.8 Å².